The van der Waals surface area contributed by atoms with Gasteiger partial charge in [-0.1, -0.05) is 104 Å². The lowest BCUT2D eigenvalue weighted by Crippen LogP contribution is -2.44. The van der Waals surface area contributed by atoms with Crippen molar-refractivity contribution in [1.29, 1.82) is 0 Å². The van der Waals surface area contributed by atoms with E-state index in [-0.39, 0.29) is 6.61 Å². The van der Waals surface area contributed by atoms with Crippen LogP contribution in [0.25, 0.3) is 0 Å². The van der Waals surface area contributed by atoms with E-state index in [1.807, 2.05) is 54.6 Å². The highest BCUT2D eigenvalue weighted by molar-refractivity contribution is 7.85. The van der Waals surface area contributed by atoms with Crippen LogP contribution in [0.1, 0.15) is 42.4 Å². The molecule has 0 spiro atoms. The molecule has 0 aliphatic carbocycles. The first-order chi connectivity index (χ1) is 15.5. The lowest BCUT2D eigenvalue weighted by Gasteiger charge is -2.36. The van der Waals surface area contributed by atoms with Crippen LogP contribution >= 0.6 is 0 Å². The maximum Gasteiger partial charge on any atom is 0.264 e. The summed E-state index contributed by atoms with van der Waals surface area (Å²) < 4.78 is 26.8. The third-order valence-electron chi connectivity index (χ3n) is 5.28. The van der Waals surface area contributed by atoms with Crippen molar-refractivity contribution in [3.8, 4) is 0 Å². The van der Waals surface area contributed by atoms with E-state index in [0.717, 1.165) is 42.2 Å². The summed E-state index contributed by atoms with van der Waals surface area (Å²) in [5.74, 6) is 0. The maximum absolute atomic E-state index is 11.0. The number of nitrogens with one attached hydrogen (secondary N) is 1. The molecule has 0 aliphatic rings. The van der Waals surface area contributed by atoms with Crippen LogP contribution in [0, 0.1) is 0 Å². The van der Waals surface area contributed by atoms with Gasteiger partial charge in [0.15, 0.2) is 0 Å². The highest BCUT2D eigenvalue weighted by atomic mass is 32.2. The summed E-state index contributed by atoms with van der Waals surface area (Å²) in [6.45, 7) is 0.776. The van der Waals surface area contributed by atoms with Crippen molar-refractivity contribution in [2.75, 3.05) is 19.5 Å². The van der Waals surface area contributed by atoms with Crippen LogP contribution in [0.3, 0.4) is 0 Å². The zero-order valence-corrected chi connectivity index (χ0v) is 19.3. The summed E-state index contributed by atoms with van der Waals surface area (Å²) in [5, 5.41) is 0. The van der Waals surface area contributed by atoms with Crippen molar-refractivity contribution in [3.63, 3.8) is 0 Å². The van der Waals surface area contributed by atoms with Gasteiger partial charge in [-0.05, 0) is 29.5 Å². The summed E-state index contributed by atoms with van der Waals surface area (Å²) in [6, 6.07) is 30.9. The fraction of sp³-hybridized carbons (Fsp3) is 0.308. The molecule has 1 N–H and O–H groups in total. The molecule has 0 radical (unpaired) electrons. The van der Waals surface area contributed by atoms with Crippen LogP contribution in [0.15, 0.2) is 91.0 Å². The number of hydroxylamine groups is 1. The van der Waals surface area contributed by atoms with E-state index in [1.165, 1.54) is 0 Å². The lowest BCUT2D eigenvalue weighted by atomic mass is 9.78. The molecule has 0 aromatic heterocycles. The van der Waals surface area contributed by atoms with Gasteiger partial charge >= 0.3 is 0 Å². The number of benzene rings is 3. The molecule has 0 heterocycles. The van der Waals surface area contributed by atoms with Gasteiger partial charge in [0.2, 0.25) is 0 Å². The Morgan fingerprint density at radius 1 is 0.656 bits per heavy atom. The van der Waals surface area contributed by atoms with Gasteiger partial charge in [0.1, 0.15) is 5.54 Å². The topological polar surface area (TPSA) is 64.6 Å². The van der Waals surface area contributed by atoms with Gasteiger partial charge in [0.05, 0.1) is 19.5 Å². The first kappa shape index (κ1) is 24.1. The molecule has 5 nitrogen and oxygen atoms in total. The molecule has 0 saturated heterocycles. The predicted molar refractivity (Wildman–Crippen MR) is 128 cm³/mol. The molecule has 0 saturated carbocycles. The lowest BCUT2D eigenvalue weighted by molar-refractivity contribution is -0.00149. The molecule has 0 aliphatic heterocycles. The Labute approximate surface area is 191 Å². The van der Waals surface area contributed by atoms with Gasteiger partial charge in [0, 0.05) is 0 Å². The molecule has 0 unspecified atom stereocenters. The zero-order valence-electron chi connectivity index (χ0n) is 18.4. The number of unbranched alkanes of at least 4 members (excludes halogenated alkanes) is 3. The van der Waals surface area contributed by atoms with Crippen molar-refractivity contribution >= 4 is 10.1 Å². The van der Waals surface area contributed by atoms with Crippen molar-refractivity contribution in [3.05, 3.63) is 108 Å². The van der Waals surface area contributed by atoms with Gasteiger partial charge in [-0.25, -0.2) is 0 Å². The van der Waals surface area contributed by atoms with Crippen LogP contribution in [0.5, 0.6) is 0 Å². The molecule has 170 valence electrons. The third kappa shape index (κ3) is 6.74. The Kier molecular flexibility index (Phi) is 9.00. The number of rotatable bonds is 13. The largest absolute Gasteiger partial charge is 0.300 e. The first-order valence-electron chi connectivity index (χ1n) is 10.9. The zero-order chi connectivity index (χ0) is 22.7. The molecular formula is C26H31NO4S. The van der Waals surface area contributed by atoms with Gasteiger partial charge in [0.25, 0.3) is 10.1 Å². The maximum atomic E-state index is 11.0. The Bertz CT molecular complexity index is 929. The minimum absolute atomic E-state index is 0.233. The Hall–Kier alpha value is -2.51. The second-order valence-electron chi connectivity index (χ2n) is 7.74. The Morgan fingerprint density at radius 2 is 1.06 bits per heavy atom. The summed E-state index contributed by atoms with van der Waals surface area (Å²) in [5.41, 5.74) is 6.03. The Balaban J connectivity index is 1.69. The van der Waals surface area contributed by atoms with Crippen LogP contribution < -0.4 is 5.48 Å². The van der Waals surface area contributed by atoms with Gasteiger partial charge in [-0.3, -0.25) is 4.18 Å². The molecule has 0 amide bonds. The minimum Gasteiger partial charge on any atom is -0.300 e. The third-order valence-corrected chi connectivity index (χ3v) is 5.88. The predicted octanol–water partition coefficient (Wildman–Crippen LogP) is 5.04. The average molecular weight is 454 g/mol. The normalized spacial score (nSPS) is 12.0. The monoisotopic (exact) mass is 453 g/mol. The Morgan fingerprint density at radius 3 is 1.47 bits per heavy atom. The molecule has 0 atom stereocenters. The van der Waals surface area contributed by atoms with E-state index < -0.39 is 15.7 Å². The molecule has 3 rings (SSSR count). The molecule has 6 heteroatoms. The molecule has 0 fully saturated rings. The molecule has 3 aromatic carbocycles. The van der Waals surface area contributed by atoms with Crippen LogP contribution in [-0.2, 0) is 24.7 Å². The summed E-state index contributed by atoms with van der Waals surface area (Å²) >= 11 is 0. The van der Waals surface area contributed by atoms with Gasteiger partial charge in [-0.15, -0.1) is 0 Å². The van der Waals surface area contributed by atoms with Crippen LogP contribution in [0.4, 0.5) is 0 Å². The van der Waals surface area contributed by atoms with E-state index in [2.05, 4.69) is 41.9 Å². The summed E-state index contributed by atoms with van der Waals surface area (Å²) in [4.78, 5) is 6.05. The number of hydrogen-bond donors (Lipinski definition) is 1. The highest BCUT2D eigenvalue weighted by Crippen LogP contribution is 2.36. The van der Waals surface area contributed by atoms with Crippen molar-refractivity contribution in [1.82, 2.24) is 5.48 Å². The van der Waals surface area contributed by atoms with Gasteiger partial charge < -0.3 is 4.84 Å². The molecule has 0 bridgehead atoms. The number of hydrogen-bond acceptors (Lipinski definition) is 5. The smallest absolute Gasteiger partial charge is 0.264 e. The molecule has 3 aromatic rings. The van der Waals surface area contributed by atoms with Crippen LogP contribution in [-0.4, -0.2) is 27.9 Å². The van der Waals surface area contributed by atoms with E-state index in [1.54, 1.807) is 0 Å². The standard InChI is InChI=1S/C26H31NO4S/c1-32(28,29)31-22-14-3-2-13-21-30-27-26(23-15-7-4-8-16-23,24-17-9-5-10-18-24)25-19-11-6-12-20-25/h4-12,15-20,27H,2-3,13-14,21-22H2,1H3. The summed E-state index contributed by atoms with van der Waals surface area (Å²) in [7, 11) is -3.36. The fourth-order valence-corrected chi connectivity index (χ4v) is 4.16. The average Bonchev–Trinajstić information content (AvgIpc) is 2.82. The van der Waals surface area contributed by atoms with E-state index >= 15 is 0 Å². The van der Waals surface area contributed by atoms with Crippen molar-refractivity contribution in [2.24, 2.45) is 0 Å². The SMILES string of the molecule is CS(=O)(=O)OCCCCCCONC(c1ccccc1)(c1ccccc1)c1ccccc1. The second-order valence-corrected chi connectivity index (χ2v) is 9.38. The molecular weight excluding hydrogens is 422 g/mol. The highest BCUT2D eigenvalue weighted by Gasteiger charge is 2.36. The van der Waals surface area contributed by atoms with E-state index in [0.29, 0.717) is 13.0 Å². The van der Waals surface area contributed by atoms with Gasteiger partial charge in [-0.2, -0.15) is 13.9 Å². The van der Waals surface area contributed by atoms with Crippen LogP contribution in [0.2, 0.25) is 0 Å². The van der Waals surface area contributed by atoms with Crippen molar-refractivity contribution in [2.45, 2.75) is 31.2 Å². The first-order valence-corrected chi connectivity index (χ1v) is 12.7. The second kappa shape index (κ2) is 11.9. The quantitative estimate of drug-likeness (QED) is 0.170. The van der Waals surface area contributed by atoms with E-state index in [4.69, 9.17) is 9.02 Å². The van der Waals surface area contributed by atoms with Crippen molar-refractivity contribution < 1.29 is 17.4 Å². The van der Waals surface area contributed by atoms with E-state index in [9.17, 15) is 8.42 Å². The minimum atomic E-state index is -3.36. The molecule has 32 heavy (non-hydrogen) atoms. The summed E-state index contributed by atoms with van der Waals surface area (Å²) in [6.07, 6.45) is 4.47. The fourth-order valence-electron chi connectivity index (χ4n) is 3.74.